The second-order valence-corrected chi connectivity index (χ2v) is 6.21. The molecule has 2 N–H and O–H groups in total. The molecule has 1 aliphatic heterocycles. The third-order valence-electron chi connectivity index (χ3n) is 2.93. The van der Waals surface area contributed by atoms with Gasteiger partial charge in [0.05, 0.1) is 10.2 Å². The number of aromatic nitrogens is 1. The smallest absolute Gasteiger partial charge is 0.242 e. The van der Waals surface area contributed by atoms with Crippen LogP contribution in [0.5, 0.6) is 0 Å². The van der Waals surface area contributed by atoms with Gasteiger partial charge >= 0.3 is 0 Å². The molecule has 4 nitrogen and oxygen atoms in total. The summed E-state index contributed by atoms with van der Waals surface area (Å²) >= 11 is 5.02. The third-order valence-corrected chi connectivity index (χ3v) is 4.38. The van der Waals surface area contributed by atoms with Crippen LogP contribution in [0, 0.1) is 0 Å². The van der Waals surface area contributed by atoms with Gasteiger partial charge in [0.25, 0.3) is 0 Å². The predicted molar refractivity (Wildman–Crippen MR) is 77.0 cm³/mol. The number of carbonyl (C=O) groups excluding carboxylic acids is 1. The zero-order valence-corrected chi connectivity index (χ0v) is 12.0. The number of nitrogens with one attached hydrogen (secondary N) is 2. The maximum Gasteiger partial charge on any atom is 0.242 e. The van der Waals surface area contributed by atoms with Gasteiger partial charge in [0.15, 0.2) is 5.13 Å². The highest BCUT2D eigenvalue weighted by molar-refractivity contribution is 9.10. The molecule has 2 aromatic rings. The lowest BCUT2D eigenvalue weighted by molar-refractivity contribution is -0.123. The van der Waals surface area contributed by atoms with Gasteiger partial charge in [0.2, 0.25) is 5.91 Å². The summed E-state index contributed by atoms with van der Waals surface area (Å²) in [7, 11) is 0. The fourth-order valence-corrected chi connectivity index (χ4v) is 3.49. The highest BCUT2D eigenvalue weighted by atomic mass is 79.9. The highest BCUT2D eigenvalue weighted by Crippen LogP contribution is 2.29. The summed E-state index contributed by atoms with van der Waals surface area (Å²) in [6.45, 7) is 0.782. The Balaban J connectivity index is 1.84. The van der Waals surface area contributed by atoms with Gasteiger partial charge in [-0.1, -0.05) is 27.3 Å². The number of benzene rings is 1. The molecule has 0 aliphatic carbocycles. The van der Waals surface area contributed by atoms with Crippen molar-refractivity contribution in [1.29, 1.82) is 0 Å². The van der Waals surface area contributed by atoms with Crippen LogP contribution in [-0.4, -0.2) is 23.5 Å². The predicted octanol–water partition coefficient (Wildman–Crippen LogP) is 2.75. The number of fused-ring (bicyclic) bond motifs is 1. The molecule has 0 spiro atoms. The van der Waals surface area contributed by atoms with Crippen LogP contribution in [0.1, 0.15) is 12.8 Å². The van der Waals surface area contributed by atoms with Crippen LogP contribution < -0.4 is 10.6 Å². The maximum absolute atomic E-state index is 11.7. The molecule has 1 amide bonds. The average Bonchev–Trinajstić information content (AvgIpc) is 2.73. The molecule has 1 saturated heterocycles. The van der Waals surface area contributed by atoms with Crippen LogP contribution in [0.2, 0.25) is 0 Å². The van der Waals surface area contributed by atoms with E-state index in [1.807, 2.05) is 18.2 Å². The Morgan fingerprint density at radius 1 is 1.50 bits per heavy atom. The lowest BCUT2D eigenvalue weighted by Gasteiger charge is -2.22. The molecule has 94 valence electrons. The summed E-state index contributed by atoms with van der Waals surface area (Å²) in [4.78, 5) is 16.2. The van der Waals surface area contributed by atoms with Crippen LogP contribution in [0.4, 0.5) is 5.13 Å². The second kappa shape index (κ2) is 4.85. The summed E-state index contributed by atoms with van der Waals surface area (Å²) in [6, 6.07) is 5.84. The maximum atomic E-state index is 11.7. The number of nitrogens with zero attached hydrogens (tertiary/aromatic N) is 1. The Morgan fingerprint density at radius 2 is 2.39 bits per heavy atom. The quantitative estimate of drug-likeness (QED) is 0.892. The molecule has 1 aromatic carbocycles. The molecule has 1 fully saturated rings. The van der Waals surface area contributed by atoms with Gasteiger partial charge in [-0.15, -0.1) is 0 Å². The van der Waals surface area contributed by atoms with Crippen molar-refractivity contribution in [3.63, 3.8) is 0 Å². The van der Waals surface area contributed by atoms with E-state index in [0.29, 0.717) is 0 Å². The number of hydrogen-bond acceptors (Lipinski definition) is 4. The minimum absolute atomic E-state index is 0.0710. The number of amides is 1. The molecular formula is C12H12BrN3OS. The third kappa shape index (κ3) is 2.35. The fourth-order valence-electron chi connectivity index (χ4n) is 2.02. The molecule has 1 aliphatic rings. The van der Waals surface area contributed by atoms with Gasteiger partial charge in [0.1, 0.15) is 6.04 Å². The van der Waals surface area contributed by atoms with Crippen LogP contribution in [0.25, 0.3) is 10.2 Å². The van der Waals surface area contributed by atoms with Gasteiger partial charge < -0.3 is 10.6 Å². The van der Waals surface area contributed by atoms with Crippen molar-refractivity contribution in [3.8, 4) is 0 Å². The molecule has 18 heavy (non-hydrogen) atoms. The van der Waals surface area contributed by atoms with Gasteiger partial charge in [-0.25, -0.2) is 4.98 Å². The summed E-state index contributed by atoms with van der Waals surface area (Å²) in [5.74, 6) is 0.0710. The van der Waals surface area contributed by atoms with Gasteiger partial charge in [0, 0.05) is 11.0 Å². The van der Waals surface area contributed by atoms with Crippen molar-refractivity contribution >= 4 is 48.5 Å². The molecule has 6 heteroatoms. The zero-order valence-electron chi connectivity index (χ0n) is 9.57. The molecule has 2 heterocycles. The van der Waals surface area contributed by atoms with Crippen LogP contribution in [0.3, 0.4) is 0 Å². The van der Waals surface area contributed by atoms with Crippen molar-refractivity contribution in [3.05, 3.63) is 22.7 Å². The number of halogens is 1. The van der Waals surface area contributed by atoms with Crippen molar-refractivity contribution in [2.24, 2.45) is 0 Å². The Labute approximate surface area is 117 Å². The van der Waals surface area contributed by atoms with Crippen LogP contribution >= 0.6 is 27.3 Å². The van der Waals surface area contributed by atoms with E-state index in [-0.39, 0.29) is 11.9 Å². The molecule has 3 rings (SSSR count). The molecule has 0 saturated carbocycles. The summed E-state index contributed by atoms with van der Waals surface area (Å²) in [5, 5.41) is 6.89. The Bertz CT molecular complexity index is 598. The molecule has 1 atom stereocenters. The van der Waals surface area contributed by atoms with E-state index in [0.717, 1.165) is 39.2 Å². The minimum atomic E-state index is -0.150. The Kier molecular flexibility index (Phi) is 3.22. The first-order chi connectivity index (χ1) is 8.72. The van der Waals surface area contributed by atoms with E-state index >= 15 is 0 Å². The molecule has 1 unspecified atom stereocenters. The topological polar surface area (TPSA) is 54.0 Å². The average molecular weight is 326 g/mol. The van der Waals surface area contributed by atoms with E-state index in [4.69, 9.17) is 0 Å². The first kappa shape index (κ1) is 11.9. The summed E-state index contributed by atoms with van der Waals surface area (Å²) in [6.07, 6.45) is 1.88. The number of rotatable bonds is 2. The number of piperidine rings is 1. The number of anilines is 1. The number of carbonyl (C=O) groups is 1. The molecule has 0 bridgehead atoms. The van der Waals surface area contributed by atoms with Crippen molar-refractivity contribution in [2.75, 3.05) is 11.9 Å². The van der Waals surface area contributed by atoms with E-state index in [1.54, 1.807) is 11.3 Å². The molecule has 0 radical (unpaired) electrons. The number of hydrogen-bond donors (Lipinski definition) is 2. The first-order valence-electron chi connectivity index (χ1n) is 5.83. The highest BCUT2D eigenvalue weighted by Gasteiger charge is 2.22. The Morgan fingerprint density at radius 3 is 3.22 bits per heavy atom. The van der Waals surface area contributed by atoms with Gasteiger partial charge in [-0.2, -0.15) is 0 Å². The standard InChI is InChI=1S/C12H12BrN3OS/c13-7-3-4-8-10(6-7)18-12(15-8)16-9-2-1-5-14-11(9)17/h3-4,6,9H,1-2,5H2,(H,14,17)(H,15,16). The van der Waals surface area contributed by atoms with Gasteiger partial charge in [-0.3, -0.25) is 4.79 Å². The monoisotopic (exact) mass is 325 g/mol. The normalized spacial score (nSPS) is 19.8. The van der Waals surface area contributed by atoms with E-state index < -0.39 is 0 Å². The molecule has 1 aromatic heterocycles. The van der Waals surface area contributed by atoms with Crippen LogP contribution in [0.15, 0.2) is 22.7 Å². The lowest BCUT2D eigenvalue weighted by atomic mass is 10.1. The second-order valence-electron chi connectivity index (χ2n) is 4.26. The summed E-state index contributed by atoms with van der Waals surface area (Å²) in [5.41, 5.74) is 0.960. The van der Waals surface area contributed by atoms with E-state index in [9.17, 15) is 4.79 Å². The SMILES string of the molecule is O=C1NCCCC1Nc1nc2ccc(Br)cc2s1. The van der Waals surface area contributed by atoms with Gasteiger partial charge in [-0.05, 0) is 31.0 Å². The lowest BCUT2D eigenvalue weighted by Crippen LogP contribution is -2.44. The van der Waals surface area contributed by atoms with E-state index in [2.05, 4.69) is 31.5 Å². The van der Waals surface area contributed by atoms with Crippen molar-refractivity contribution in [1.82, 2.24) is 10.3 Å². The fraction of sp³-hybridized carbons (Fsp3) is 0.333. The van der Waals surface area contributed by atoms with Crippen molar-refractivity contribution in [2.45, 2.75) is 18.9 Å². The summed E-state index contributed by atoms with van der Waals surface area (Å²) < 4.78 is 2.16. The first-order valence-corrected chi connectivity index (χ1v) is 7.44. The van der Waals surface area contributed by atoms with E-state index in [1.165, 1.54) is 0 Å². The molecular weight excluding hydrogens is 314 g/mol. The Hall–Kier alpha value is -1.14. The zero-order chi connectivity index (χ0) is 12.5. The largest absolute Gasteiger partial charge is 0.354 e. The number of thiazole rings is 1. The van der Waals surface area contributed by atoms with Crippen LogP contribution in [-0.2, 0) is 4.79 Å². The minimum Gasteiger partial charge on any atom is -0.354 e. The van der Waals surface area contributed by atoms with Crippen molar-refractivity contribution < 1.29 is 4.79 Å².